The van der Waals surface area contributed by atoms with Crippen molar-refractivity contribution in [2.45, 2.75) is 31.6 Å². The maximum absolute atomic E-state index is 12.6. The molecule has 1 aliphatic heterocycles. The summed E-state index contributed by atoms with van der Waals surface area (Å²) < 4.78 is 33.2. The zero-order valence-corrected chi connectivity index (χ0v) is 15.7. The number of carbonyl (C=O) groups is 1. The molecule has 1 fully saturated rings. The van der Waals surface area contributed by atoms with Gasteiger partial charge >= 0.3 is 0 Å². The normalized spacial score (nSPS) is 14.5. The molecule has 0 aromatic heterocycles. The van der Waals surface area contributed by atoms with Crippen molar-refractivity contribution in [2.24, 2.45) is 0 Å². The minimum absolute atomic E-state index is 0.0691. The van der Waals surface area contributed by atoms with E-state index < -0.39 is 10.0 Å². The number of sulfonamides is 1. The molecule has 6 nitrogen and oxygen atoms in total. The first kappa shape index (κ1) is 18.3. The number of benzene rings is 2. The van der Waals surface area contributed by atoms with Crippen molar-refractivity contribution >= 4 is 27.3 Å². The molecule has 0 radical (unpaired) electrons. The lowest BCUT2D eigenvalue weighted by molar-refractivity contribution is -0.117. The molecule has 0 aliphatic carbocycles. The molecule has 1 saturated heterocycles. The molecule has 0 bridgehead atoms. The van der Waals surface area contributed by atoms with E-state index in [-0.39, 0.29) is 10.8 Å². The van der Waals surface area contributed by atoms with Crippen LogP contribution in [0.25, 0.3) is 0 Å². The highest BCUT2D eigenvalue weighted by Gasteiger charge is 2.24. The van der Waals surface area contributed by atoms with Crippen LogP contribution in [-0.2, 0) is 14.8 Å². The molecule has 138 valence electrons. The van der Waals surface area contributed by atoms with Crippen molar-refractivity contribution < 1.29 is 17.9 Å². The van der Waals surface area contributed by atoms with Gasteiger partial charge in [0, 0.05) is 18.7 Å². The number of amides is 1. The fourth-order valence-corrected chi connectivity index (χ4v) is 4.01. The monoisotopic (exact) mass is 374 g/mol. The molecular formula is C19H22N2O4S. The molecule has 0 unspecified atom stereocenters. The van der Waals surface area contributed by atoms with Gasteiger partial charge in [-0.1, -0.05) is 6.07 Å². The average molecular weight is 374 g/mol. The number of ether oxygens (including phenoxy) is 1. The van der Waals surface area contributed by atoms with Gasteiger partial charge in [0.25, 0.3) is 10.0 Å². The highest BCUT2D eigenvalue weighted by atomic mass is 32.2. The summed E-state index contributed by atoms with van der Waals surface area (Å²) in [4.78, 5) is 13.9. The molecule has 0 atom stereocenters. The van der Waals surface area contributed by atoms with Crippen molar-refractivity contribution in [1.82, 2.24) is 0 Å². The summed E-state index contributed by atoms with van der Waals surface area (Å²) in [5.41, 5.74) is 2.11. The summed E-state index contributed by atoms with van der Waals surface area (Å²) in [6, 6.07) is 11.5. The maximum atomic E-state index is 12.6. The van der Waals surface area contributed by atoms with E-state index in [0.717, 1.165) is 17.7 Å². The molecule has 2 aromatic carbocycles. The highest BCUT2D eigenvalue weighted by Crippen LogP contribution is 2.29. The minimum Gasteiger partial charge on any atom is -0.494 e. The quantitative estimate of drug-likeness (QED) is 0.842. The summed E-state index contributed by atoms with van der Waals surface area (Å²) >= 11 is 0. The standard InChI is InChI=1S/C19H22N2O4S/c1-3-25-16-8-10-17(11-9-16)26(23,24)20-15-7-6-14(2)18(13-15)21-12-4-5-19(21)22/h6-11,13,20H,3-5,12H2,1-2H3. The second-order valence-electron chi connectivity index (χ2n) is 6.16. The third-order valence-electron chi connectivity index (χ3n) is 4.27. The molecule has 2 aromatic rings. The van der Waals surface area contributed by atoms with E-state index >= 15 is 0 Å². The van der Waals surface area contributed by atoms with Crippen LogP contribution in [0.3, 0.4) is 0 Å². The predicted octanol–water partition coefficient (Wildman–Crippen LogP) is 3.32. The lowest BCUT2D eigenvalue weighted by Gasteiger charge is -2.19. The highest BCUT2D eigenvalue weighted by molar-refractivity contribution is 7.92. The molecule has 1 aliphatic rings. The summed E-state index contributed by atoms with van der Waals surface area (Å²) in [6.45, 7) is 4.96. The Labute approximate surface area is 153 Å². The molecule has 1 amide bonds. The van der Waals surface area contributed by atoms with Crippen LogP contribution >= 0.6 is 0 Å². The van der Waals surface area contributed by atoms with E-state index in [4.69, 9.17) is 4.74 Å². The van der Waals surface area contributed by atoms with Crippen LogP contribution in [0, 0.1) is 6.92 Å². The van der Waals surface area contributed by atoms with Crippen molar-refractivity contribution in [2.75, 3.05) is 22.8 Å². The number of hydrogen-bond donors (Lipinski definition) is 1. The number of rotatable bonds is 6. The topological polar surface area (TPSA) is 75.7 Å². The summed E-state index contributed by atoms with van der Waals surface area (Å²) in [5.74, 6) is 0.691. The molecule has 3 rings (SSSR count). The van der Waals surface area contributed by atoms with Gasteiger partial charge in [0.05, 0.1) is 17.2 Å². The Morgan fingerprint density at radius 2 is 1.88 bits per heavy atom. The lowest BCUT2D eigenvalue weighted by atomic mass is 10.1. The van der Waals surface area contributed by atoms with Crippen LogP contribution in [0.5, 0.6) is 5.75 Å². The number of aryl methyl sites for hydroxylation is 1. The van der Waals surface area contributed by atoms with Gasteiger partial charge in [-0.15, -0.1) is 0 Å². The Hall–Kier alpha value is -2.54. The summed E-state index contributed by atoms with van der Waals surface area (Å²) in [7, 11) is -3.72. The minimum atomic E-state index is -3.72. The third-order valence-corrected chi connectivity index (χ3v) is 5.67. The SMILES string of the molecule is CCOc1ccc(S(=O)(=O)Nc2ccc(C)c(N3CCCC3=O)c2)cc1. The molecular weight excluding hydrogens is 352 g/mol. The number of anilines is 2. The van der Waals surface area contributed by atoms with Crippen molar-refractivity contribution in [3.8, 4) is 5.75 Å². The van der Waals surface area contributed by atoms with E-state index in [1.54, 1.807) is 29.2 Å². The predicted molar refractivity (Wildman–Crippen MR) is 101 cm³/mol. The van der Waals surface area contributed by atoms with Crippen LogP contribution < -0.4 is 14.4 Å². The van der Waals surface area contributed by atoms with Crippen LogP contribution in [0.15, 0.2) is 47.4 Å². The smallest absolute Gasteiger partial charge is 0.261 e. The van der Waals surface area contributed by atoms with E-state index in [1.165, 1.54) is 12.1 Å². The summed E-state index contributed by atoms with van der Waals surface area (Å²) in [6.07, 6.45) is 1.35. The largest absolute Gasteiger partial charge is 0.494 e. The van der Waals surface area contributed by atoms with Gasteiger partial charge in [-0.05, 0) is 62.2 Å². The van der Waals surface area contributed by atoms with Crippen LogP contribution in [0.1, 0.15) is 25.3 Å². The van der Waals surface area contributed by atoms with E-state index in [1.807, 2.05) is 19.9 Å². The second-order valence-corrected chi connectivity index (χ2v) is 7.84. The Balaban J connectivity index is 1.84. The Bertz CT molecular complexity index is 908. The van der Waals surface area contributed by atoms with Gasteiger partial charge in [-0.25, -0.2) is 8.42 Å². The lowest BCUT2D eigenvalue weighted by Crippen LogP contribution is -2.24. The van der Waals surface area contributed by atoms with Crippen molar-refractivity contribution in [3.05, 3.63) is 48.0 Å². The number of hydrogen-bond acceptors (Lipinski definition) is 4. The van der Waals surface area contributed by atoms with E-state index in [2.05, 4.69) is 4.72 Å². The second kappa shape index (κ2) is 7.37. The van der Waals surface area contributed by atoms with Gasteiger partial charge in [0.15, 0.2) is 0 Å². The van der Waals surface area contributed by atoms with E-state index in [0.29, 0.717) is 31.0 Å². The van der Waals surface area contributed by atoms with E-state index in [9.17, 15) is 13.2 Å². The number of carbonyl (C=O) groups excluding carboxylic acids is 1. The van der Waals surface area contributed by atoms with Gasteiger partial charge in [-0.3, -0.25) is 9.52 Å². The van der Waals surface area contributed by atoms with Crippen LogP contribution in [0.2, 0.25) is 0 Å². The summed E-state index contributed by atoms with van der Waals surface area (Å²) in [5, 5.41) is 0. The number of nitrogens with zero attached hydrogens (tertiary/aromatic N) is 1. The van der Waals surface area contributed by atoms with Gasteiger partial charge in [-0.2, -0.15) is 0 Å². The van der Waals surface area contributed by atoms with Crippen molar-refractivity contribution in [3.63, 3.8) is 0 Å². The molecule has 7 heteroatoms. The van der Waals surface area contributed by atoms with Gasteiger partial charge < -0.3 is 9.64 Å². The number of nitrogens with one attached hydrogen (secondary N) is 1. The Morgan fingerprint density at radius 3 is 2.50 bits per heavy atom. The third kappa shape index (κ3) is 3.83. The molecule has 0 spiro atoms. The zero-order chi connectivity index (χ0) is 18.7. The van der Waals surface area contributed by atoms with Crippen LogP contribution in [0.4, 0.5) is 11.4 Å². The van der Waals surface area contributed by atoms with Crippen LogP contribution in [-0.4, -0.2) is 27.5 Å². The fraction of sp³-hybridized carbons (Fsp3) is 0.316. The first-order valence-corrected chi connectivity index (χ1v) is 10.1. The first-order valence-electron chi connectivity index (χ1n) is 8.57. The first-order chi connectivity index (χ1) is 12.4. The fourth-order valence-electron chi connectivity index (χ4n) is 2.96. The van der Waals surface area contributed by atoms with Gasteiger partial charge in [0.2, 0.25) is 5.91 Å². The van der Waals surface area contributed by atoms with Gasteiger partial charge in [0.1, 0.15) is 5.75 Å². The maximum Gasteiger partial charge on any atom is 0.261 e. The van der Waals surface area contributed by atoms with Crippen molar-refractivity contribution in [1.29, 1.82) is 0 Å². The Kier molecular flexibility index (Phi) is 5.18. The molecule has 26 heavy (non-hydrogen) atoms. The average Bonchev–Trinajstić information content (AvgIpc) is 3.03. The zero-order valence-electron chi connectivity index (χ0n) is 14.9. The molecule has 1 N–H and O–H groups in total. The molecule has 1 heterocycles. The molecule has 0 saturated carbocycles. The Morgan fingerprint density at radius 1 is 1.15 bits per heavy atom.